The number of nitrogens with zero attached hydrogens (tertiary/aromatic N) is 1. The predicted octanol–water partition coefficient (Wildman–Crippen LogP) is 2.81. The van der Waals surface area contributed by atoms with E-state index in [9.17, 15) is 4.91 Å². The Labute approximate surface area is 76.5 Å². The molecular formula is C9H12N2O2. The molecule has 0 unspecified atom stereocenters. The highest BCUT2D eigenvalue weighted by atomic mass is 16.5. The molecule has 0 saturated heterocycles. The minimum Gasteiger partial charge on any atom is -0.291 e. The maximum atomic E-state index is 10.5. The van der Waals surface area contributed by atoms with Crippen LogP contribution >= 0.6 is 0 Å². The van der Waals surface area contributed by atoms with E-state index in [0.29, 0.717) is 11.4 Å². The first-order valence-electron chi connectivity index (χ1n) is 3.96. The van der Waals surface area contributed by atoms with Crippen LogP contribution in [-0.2, 0) is 0 Å². The van der Waals surface area contributed by atoms with Crippen LogP contribution in [0.4, 0.5) is 11.4 Å². The standard InChI is InChI=1S/C9H12N2O2/c1-5-4-8(10-12)6(2)7(3)9(5)11-13/h4,10,12H,1-3H3. The summed E-state index contributed by atoms with van der Waals surface area (Å²) in [5.41, 5.74) is 5.55. The van der Waals surface area contributed by atoms with Gasteiger partial charge in [-0.15, -0.1) is 4.91 Å². The van der Waals surface area contributed by atoms with Crippen LogP contribution in [0.25, 0.3) is 0 Å². The smallest absolute Gasteiger partial charge is 0.114 e. The van der Waals surface area contributed by atoms with Gasteiger partial charge in [-0.25, -0.2) is 0 Å². The van der Waals surface area contributed by atoms with Crippen LogP contribution in [0.5, 0.6) is 0 Å². The molecule has 13 heavy (non-hydrogen) atoms. The van der Waals surface area contributed by atoms with Gasteiger partial charge in [0.15, 0.2) is 0 Å². The maximum Gasteiger partial charge on any atom is 0.114 e. The molecule has 0 bridgehead atoms. The fraction of sp³-hybridized carbons (Fsp3) is 0.333. The van der Waals surface area contributed by atoms with Crippen LogP contribution in [0.2, 0.25) is 0 Å². The average molecular weight is 180 g/mol. The molecule has 1 rings (SSSR count). The predicted molar refractivity (Wildman–Crippen MR) is 51.5 cm³/mol. The molecular weight excluding hydrogens is 168 g/mol. The average Bonchev–Trinajstić information content (AvgIpc) is 2.12. The topological polar surface area (TPSA) is 61.7 Å². The first-order valence-corrected chi connectivity index (χ1v) is 3.96. The highest BCUT2D eigenvalue weighted by Crippen LogP contribution is 2.31. The highest BCUT2D eigenvalue weighted by Gasteiger charge is 2.09. The molecule has 4 nitrogen and oxygen atoms in total. The maximum absolute atomic E-state index is 10.5. The molecule has 0 spiro atoms. The van der Waals surface area contributed by atoms with Gasteiger partial charge in [-0.3, -0.25) is 10.7 Å². The molecule has 2 N–H and O–H groups in total. The number of hydrogen-bond acceptors (Lipinski definition) is 4. The molecule has 0 aliphatic rings. The summed E-state index contributed by atoms with van der Waals surface area (Å²) in [6, 6.07) is 1.69. The summed E-state index contributed by atoms with van der Waals surface area (Å²) in [5.74, 6) is 0. The molecule has 0 aliphatic carbocycles. The largest absolute Gasteiger partial charge is 0.291 e. The van der Waals surface area contributed by atoms with Gasteiger partial charge in [0, 0.05) is 0 Å². The summed E-state index contributed by atoms with van der Waals surface area (Å²) in [6.07, 6.45) is 0. The van der Waals surface area contributed by atoms with E-state index in [-0.39, 0.29) is 0 Å². The van der Waals surface area contributed by atoms with Gasteiger partial charge in [0.1, 0.15) is 5.69 Å². The number of nitrogens with one attached hydrogen (secondary N) is 1. The summed E-state index contributed by atoms with van der Waals surface area (Å²) in [7, 11) is 0. The Hall–Kier alpha value is -1.42. The Morgan fingerprint density at radius 2 is 1.92 bits per heavy atom. The van der Waals surface area contributed by atoms with Gasteiger partial charge in [0.25, 0.3) is 0 Å². The van der Waals surface area contributed by atoms with Crippen molar-refractivity contribution in [2.75, 3.05) is 5.48 Å². The first kappa shape index (κ1) is 9.67. The number of anilines is 1. The summed E-state index contributed by atoms with van der Waals surface area (Å²) >= 11 is 0. The lowest BCUT2D eigenvalue weighted by atomic mass is 10.0. The van der Waals surface area contributed by atoms with E-state index < -0.39 is 0 Å². The number of aryl methyl sites for hydroxylation is 1. The lowest BCUT2D eigenvalue weighted by molar-refractivity contribution is 0.388. The molecule has 70 valence electrons. The summed E-state index contributed by atoms with van der Waals surface area (Å²) in [6.45, 7) is 5.41. The summed E-state index contributed by atoms with van der Waals surface area (Å²) < 4.78 is 0. The molecule has 0 fully saturated rings. The number of benzene rings is 1. The summed E-state index contributed by atoms with van der Waals surface area (Å²) in [5, 5.41) is 11.7. The second-order valence-electron chi connectivity index (χ2n) is 3.04. The molecule has 0 aromatic heterocycles. The van der Waals surface area contributed by atoms with E-state index >= 15 is 0 Å². The van der Waals surface area contributed by atoms with E-state index in [0.717, 1.165) is 16.7 Å². The molecule has 1 aromatic carbocycles. The lowest BCUT2D eigenvalue weighted by Crippen LogP contribution is -1.96. The van der Waals surface area contributed by atoms with E-state index in [1.165, 1.54) is 0 Å². The molecule has 0 radical (unpaired) electrons. The molecule has 0 saturated carbocycles. The van der Waals surface area contributed by atoms with Crippen LogP contribution in [0.3, 0.4) is 0 Å². The second-order valence-corrected chi connectivity index (χ2v) is 3.04. The van der Waals surface area contributed by atoms with Crippen LogP contribution in [0.1, 0.15) is 16.7 Å². The van der Waals surface area contributed by atoms with Gasteiger partial charge in [-0.05, 0) is 48.7 Å². The molecule has 1 aromatic rings. The van der Waals surface area contributed by atoms with Crippen molar-refractivity contribution in [1.82, 2.24) is 0 Å². The zero-order valence-electron chi connectivity index (χ0n) is 7.88. The minimum atomic E-state index is 0.455. The lowest BCUT2D eigenvalue weighted by Gasteiger charge is -2.10. The van der Waals surface area contributed by atoms with Crippen molar-refractivity contribution >= 4 is 11.4 Å². The van der Waals surface area contributed by atoms with Crippen molar-refractivity contribution in [3.63, 3.8) is 0 Å². The molecule has 0 heterocycles. The SMILES string of the molecule is Cc1cc(NO)c(C)c(C)c1N=O. The van der Waals surface area contributed by atoms with Crippen molar-refractivity contribution in [2.45, 2.75) is 20.8 Å². The Balaban J connectivity index is 3.45. The van der Waals surface area contributed by atoms with Crippen molar-refractivity contribution in [1.29, 1.82) is 0 Å². The fourth-order valence-electron chi connectivity index (χ4n) is 1.33. The van der Waals surface area contributed by atoms with Crippen molar-refractivity contribution < 1.29 is 5.21 Å². The monoisotopic (exact) mass is 180 g/mol. The third-order valence-corrected chi connectivity index (χ3v) is 2.27. The van der Waals surface area contributed by atoms with Crippen LogP contribution in [-0.4, -0.2) is 5.21 Å². The Kier molecular flexibility index (Phi) is 2.63. The zero-order chi connectivity index (χ0) is 10.0. The number of rotatable bonds is 2. The highest BCUT2D eigenvalue weighted by molar-refractivity contribution is 5.65. The molecule has 0 atom stereocenters. The normalized spacial score (nSPS) is 9.85. The third-order valence-electron chi connectivity index (χ3n) is 2.27. The van der Waals surface area contributed by atoms with Gasteiger partial charge >= 0.3 is 0 Å². The van der Waals surface area contributed by atoms with E-state index in [1.807, 2.05) is 6.92 Å². The van der Waals surface area contributed by atoms with E-state index in [2.05, 4.69) is 10.7 Å². The van der Waals surface area contributed by atoms with Gasteiger partial charge in [-0.2, -0.15) is 0 Å². The molecule has 4 heteroatoms. The van der Waals surface area contributed by atoms with Gasteiger partial charge < -0.3 is 0 Å². The van der Waals surface area contributed by atoms with Gasteiger partial charge in [-0.1, -0.05) is 0 Å². The van der Waals surface area contributed by atoms with Crippen molar-refractivity contribution in [2.24, 2.45) is 5.18 Å². The van der Waals surface area contributed by atoms with Gasteiger partial charge in [0.05, 0.1) is 5.69 Å². The number of nitroso groups, excluding NO2 is 1. The summed E-state index contributed by atoms with van der Waals surface area (Å²) in [4.78, 5) is 10.5. The Bertz CT molecular complexity index is 348. The molecule has 0 aliphatic heterocycles. The quantitative estimate of drug-likeness (QED) is 0.543. The second kappa shape index (κ2) is 3.53. The molecule has 0 amide bonds. The van der Waals surface area contributed by atoms with Crippen molar-refractivity contribution in [3.05, 3.63) is 27.7 Å². The fourth-order valence-corrected chi connectivity index (χ4v) is 1.33. The number of hydrogen-bond donors (Lipinski definition) is 2. The minimum absolute atomic E-state index is 0.455. The van der Waals surface area contributed by atoms with E-state index in [1.54, 1.807) is 19.9 Å². The Morgan fingerprint density at radius 3 is 2.38 bits per heavy atom. The Morgan fingerprint density at radius 1 is 1.31 bits per heavy atom. The third kappa shape index (κ3) is 1.53. The van der Waals surface area contributed by atoms with Gasteiger partial charge in [0.2, 0.25) is 0 Å². The zero-order valence-corrected chi connectivity index (χ0v) is 7.88. The first-order chi connectivity index (χ1) is 6.11. The van der Waals surface area contributed by atoms with Crippen molar-refractivity contribution in [3.8, 4) is 0 Å². The van der Waals surface area contributed by atoms with Crippen LogP contribution in [0, 0.1) is 25.7 Å². The van der Waals surface area contributed by atoms with Crippen LogP contribution in [0.15, 0.2) is 11.2 Å². The van der Waals surface area contributed by atoms with Crippen LogP contribution < -0.4 is 5.48 Å². The van der Waals surface area contributed by atoms with E-state index in [4.69, 9.17) is 5.21 Å².